The molecule has 0 aliphatic rings. The van der Waals surface area contributed by atoms with Crippen LogP contribution in [0.1, 0.15) is 12.7 Å². The molecule has 0 aliphatic heterocycles. The summed E-state index contributed by atoms with van der Waals surface area (Å²) < 4.78 is 23.2. The summed E-state index contributed by atoms with van der Waals surface area (Å²) in [5, 5.41) is 0. The van der Waals surface area contributed by atoms with E-state index in [0.29, 0.717) is 12.2 Å². The second-order valence-electron chi connectivity index (χ2n) is 2.26. The van der Waals surface area contributed by atoms with Crippen molar-refractivity contribution in [3.05, 3.63) is 18.2 Å². The van der Waals surface area contributed by atoms with Gasteiger partial charge in [0, 0.05) is 18.8 Å². The average molecular weight is 174 g/mol. The molecule has 1 aromatic rings. The number of aryl methyl sites for hydroxylation is 1. The molecule has 1 rings (SSSR count). The van der Waals surface area contributed by atoms with Crippen molar-refractivity contribution in [1.29, 1.82) is 0 Å². The SMILES string of the molecule is CCc1nccn1S(C)(=O)=O. The minimum absolute atomic E-state index is 0.576. The maximum atomic E-state index is 11.0. The lowest BCUT2D eigenvalue weighted by molar-refractivity contribution is 0.591. The molecule has 11 heavy (non-hydrogen) atoms. The number of nitrogens with zero attached hydrogens (tertiary/aromatic N) is 2. The van der Waals surface area contributed by atoms with Crippen molar-refractivity contribution in [3.8, 4) is 0 Å². The van der Waals surface area contributed by atoms with Crippen LogP contribution in [-0.4, -0.2) is 23.6 Å². The summed E-state index contributed by atoms with van der Waals surface area (Å²) in [6.07, 6.45) is 4.72. The fraction of sp³-hybridized carbons (Fsp3) is 0.500. The molecule has 0 spiro atoms. The highest BCUT2D eigenvalue weighted by Crippen LogP contribution is 2.01. The fourth-order valence-electron chi connectivity index (χ4n) is 0.872. The monoisotopic (exact) mass is 174 g/mol. The number of aromatic nitrogens is 2. The Balaban J connectivity index is 3.24. The largest absolute Gasteiger partial charge is 0.241 e. The first-order valence-electron chi connectivity index (χ1n) is 3.28. The molecule has 0 radical (unpaired) electrons. The Bertz CT molecular complexity index is 339. The summed E-state index contributed by atoms with van der Waals surface area (Å²) in [4.78, 5) is 3.88. The fourth-order valence-corrected chi connectivity index (χ4v) is 1.71. The van der Waals surface area contributed by atoms with E-state index < -0.39 is 10.0 Å². The Kier molecular flexibility index (Phi) is 1.99. The quantitative estimate of drug-likeness (QED) is 0.646. The highest BCUT2D eigenvalue weighted by molar-refractivity contribution is 7.89. The number of hydrogen-bond acceptors (Lipinski definition) is 3. The second kappa shape index (κ2) is 2.65. The molecule has 0 N–H and O–H groups in total. The molecule has 0 aromatic carbocycles. The van der Waals surface area contributed by atoms with Gasteiger partial charge in [0.1, 0.15) is 5.82 Å². The van der Waals surface area contributed by atoms with Gasteiger partial charge in [-0.3, -0.25) is 0 Å². The highest BCUT2D eigenvalue weighted by Gasteiger charge is 2.08. The van der Waals surface area contributed by atoms with Crippen LogP contribution in [0.2, 0.25) is 0 Å². The Hall–Kier alpha value is -0.840. The van der Waals surface area contributed by atoms with Gasteiger partial charge in [-0.25, -0.2) is 17.4 Å². The predicted molar refractivity (Wildman–Crippen MR) is 41.8 cm³/mol. The first kappa shape index (κ1) is 8.26. The Labute approximate surface area is 65.9 Å². The minimum Gasteiger partial charge on any atom is -0.241 e. The van der Waals surface area contributed by atoms with Crippen molar-refractivity contribution in [3.63, 3.8) is 0 Å². The topological polar surface area (TPSA) is 52.0 Å². The lowest BCUT2D eigenvalue weighted by atomic mass is 10.5. The van der Waals surface area contributed by atoms with E-state index >= 15 is 0 Å². The van der Waals surface area contributed by atoms with Crippen LogP contribution in [0.3, 0.4) is 0 Å². The molecule has 0 amide bonds. The van der Waals surface area contributed by atoms with E-state index in [-0.39, 0.29) is 0 Å². The zero-order valence-electron chi connectivity index (χ0n) is 6.48. The van der Waals surface area contributed by atoms with Gasteiger partial charge in [0.25, 0.3) is 0 Å². The molecule has 0 saturated carbocycles. The molecule has 1 aromatic heterocycles. The van der Waals surface area contributed by atoms with Crippen LogP contribution in [0.15, 0.2) is 12.4 Å². The van der Waals surface area contributed by atoms with Gasteiger partial charge < -0.3 is 0 Å². The third kappa shape index (κ3) is 1.59. The maximum Gasteiger partial charge on any atom is 0.237 e. The van der Waals surface area contributed by atoms with Gasteiger partial charge >= 0.3 is 0 Å². The van der Waals surface area contributed by atoms with Gasteiger partial charge in [0.15, 0.2) is 0 Å². The predicted octanol–water partition coefficient (Wildman–Crippen LogP) is 0.253. The van der Waals surface area contributed by atoms with E-state index in [1.165, 1.54) is 16.4 Å². The average Bonchev–Trinajstić information content (AvgIpc) is 2.31. The van der Waals surface area contributed by atoms with Crippen LogP contribution < -0.4 is 0 Å². The summed E-state index contributed by atoms with van der Waals surface area (Å²) in [6, 6.07) is 0. The molecule has 1 heterocycles. The summed E-state index contributed by atoms with van der Waals surface area (Å²) in [5.74, 6) is 0.576. The summed E-state index contributed by atoms with van der Waals surface area (Å²) >= 11 is 0. The van der Waals surface area contributed by atoms with Crippen LogP contribution in [0, 0.1) is 0 Å². The Morgan fingerprint density at radius 1 is 1.64 bits per heavy atom. The normalized spacial score (nSPS) is 11.8. The van der Waals surface area contributed by atoms with Gasteiger partial charge in [0.05, 0.1) is 6.26 Å². The summed E-state index contributed by atoms with van der Waals surface area (Å²) in [7, 11) is -3.15. The first-order chi connectivity index (χ1) is 5.05. The van der Waals surface area contributed by atoms with Gasteiger partial charge in [-0.2, -0.15) is 0 Å². The van der Waals surface area contributed by atoms with Crippen LogP contribution in [0.25, 0.3) is 0 Å². The van der Waals surface area contributed by atoms with E-state index in [4.69, 9.17) is 0 Å². The maximum absolute atomic E-state index is 11.0. The molecular formula is C6H10N2O2S. The molecule has 0 atom stereocenters. The number of hydrogen-bond donors (Lipinski definition) is 0. The molecule has 0 fully saturated rings. The van der Waals surface area contributed by atoms with Gasteiger partial charge in [-0.1, -0.05) is 6.92 Å². The van der Waals surface area contributed by atoms with E-state index in [2.05, 4.69) is 4.98 Å². The molecular weight excluding hydrogens is 164 g/mol. The van der Waals surface area contributed by atoms with Crippen molar-refractivity contribution in [2.45, 2.75) is 13.3 Å². The van der Waals surface area contributed by atoms with E-state index in [9.17, 15) is 8.42 Å². The highest BCUT2D eigenvalue weighted by atomic mass is 32.2. The third-order valence-corrected chi connectivity index (χ3v) is 2.40. The van der Waals surface area contributed by atoms with Crippen molar-refractivity contribution in [1.82, 2.24) is 8.96 Å². The summed E-state index contributed by atoms with van der Waals surface area (Å²) in [6.45, 7) is 1.87. The number of imidazole rings is 1. The molecule has 62 valence electrons. The van der Waals surface area contributed by atoms with Gasteiger partial charge in [-0.05, 0) is 0 Å². The molecule has 0 bridgehead atoms. The van der Waals surface area contributed by atoms with Crippen LogP contribution in [0.4, 0.5) is 0 Å². The first-order valence-corrected chi connectivity index (χ1v) is 5.13. The molecule has 0 saturated heterocycles. The zero-order valence-corrected chi connectivity index (χ0v) is 7.30. The van der Waals surface area contributed by atoms with E-state index in [0.717, 1.165) is 6.26 Å². The van der Waals surface area contributed by atoms with E-state index in [1.54, 1.807) is 0 Å². The Morgan fingerprint density at radius 3 is 2.64 bits per heavy atom. The lowest BCUT2D eigenvalue weighted by Gasteiger charge is -2.00. The molecule has 0 aliphatic carbocycles. The second-order valence-corrected chi connectivity index (χ2v) is 4.12. The molecule has 0 unspecified atom stereocenters. The van der Waals surface area contributed by atoms with Crippen molar-refractivity contribution < 1.29 is 8.42 Å². The summed E-state index contributed by atoms with van der Waals surface area (Å²) in [5.41, 5.74) is 0. The van der Waals surface area contributed by atoms with Crippen molar-refractivity contribution in [2.24, 2.45) is 0 Å². The third-order valence-electron chi connectivity index (χ3n) is 1.35. The van der Waals surface area contributed by atoms with E-state index in [1.807, 2.05) is 6.92 Å². The smallest absolute Gasteiger partial charge is 0.237 e. The van der Waals surface area contributed by atoms with Crippen molar-refractivity contribution in [2.75, 3.05) is 6.26 Å². The van der Waals surface area contributed by atoms with Crippen LogP contribution >= 0.6 is 0 Å². The van der Waals surface area contributed by atoms with Gasteiger partial charge in [0.2, 0.25) is 10.0 Å². The standard InChI is InChI=1S/C6H10N2O2S/c1-3-6-7-4-5-8(6)11(2,9)10/h4-5H,3H2,1-2H3. The molecule has 4 nitrogen and oxygen atoms in total. The number of rotatable bonds is 2. The lowest BCUT2D eigenvalue weighted by Crippen LogP contribution is -2.12. The zero-order chi connectivity index (χ0) is 8.48. The Morgan fingerprint density at radius 2 is 2.27 bits per heavy atom. The minimum atomic E-state index is -3.15. The molecule has 5 heteroatoms. The van der Waals surface area contributed by atoms with Crippen LogP contribution in [-0.2, 0) is 16.4 Å². The van der Waals surface area contributed by atoms with Crippen LogP contribution in [0.5, 0.6) is 0 Å². The van der Waals surface area contributed by atoms with Crippen molar-refractivity contribution >= 4 is 10.0 Å². The van der Waals surface area contributed by atoms with Gasteiger partial charge in [-0.15, -0.1) is 0 Å².